The fraction of sp³-hybridized carbons (Fsp3) is 0.647. The van der Waals surface area contributed by atoms with Crippen molar-refractivity contribution < 1.29 is 53.1 Å². The fourth-order valence-electron chi connectivity index (χ4n) is 9.01. The molecule has 0 spiro atoms. The topological polar surface area (TPSA) is 186 Å². The molecule has 0 radical (unpaired) electrons. The maximum atomic E-state index is 12.5. The summed E-state index contributed by atoms with van der Waals surface area (Å²) in [6, 6.07) is 5.67. The minimum Gasteiger partial charge on any atom is -0.508 e. The summed E-state index contributed by atoms with van der Waals surface area (Å²) < 4.78 is 29.4. The maximum absolute atomic E-state index is 12.5. The molecule has 48 heavy (non-hydrogen) atoms. The van der Waals surface area contributed by atoms with E-state index in [9.17, 15) is 29.4 Å². The molecule has 0 unspecified atom stereocenters. The Hall–Kier alpha value is -4.04. The number of aliphatic hydroxyl groups is 1. The van der Waals surface area contributed by atoms with E-state index in [4.69, 9.17) is 23.7 Å². The zero-order valence-electron chi connectivity index (χ0n) is 27.8. The van der Waals surface area contributed by atoms with Gasteiger partial charge in [0.2, 0.25) is 0 Å². The standard InChI is InChI=1S/C34H43N3O11/c1-17(38)44-16-27-29(45-18(2)39)30(46-19(3)40)31(47-20(4)41)32(48-27)37-15-28(35-36-37)34(43)13-11-26-25-8-6-21-14-22(42)7-9-23(21)24(25)10-12-33(26,34)5/h7,9,14-15,24-27,29-32,42-43H,6,8,10-13,16H2,1-5H3/t24-,25-,26+,27-,29-,30+,31-,32-,33+,34-/m1/s1. The van der Waals surface area contributed by atoms with E-state index in [0.717, 1.165) is 46.0 Å². The van der Waals surface area contributed by atoms with E-state index < -0.39 is 65.5 Å². The van der Waals surface area contributed by atoms with Crippen molar-refractivity contribution in [2.24, 2.45) is 17.3 Å². The van der Waals surface area contributed by atoms with Gasteiger partial charge in [0.15, 0.2) is 24.5 Å². The summed E-state index contributed by atoms with van der Waals surface area (Å²) in [6.07, 6.45) is -0.117. The average molecular weight is 670 g/mol. The van der Waals surface area contributed by atoms with Gasteiger partial charge in [-0.2, -0.15) is 0 Å². The smallest absolute Gasteiger partial charge is 0.303 e. The molecular weight excluding hydrogens is 626 g/mol. The van der Waals surface area contributed by atoms with Crippen molar-refractivity contribution >= 4 is 23.9 Å². The van der Waals surface area contributed by atoms with E-state index >= 15 is 0 Å². The van der Waals surface area contributed by atoms with Crippen molar-refractivity contribution in [1.82, 2.24) is 15.0 Å². The van der Waals surface area contributed by atoms with E-state index in [-0.39, 0.29) is 18.3 Å². The third-order valence-corrected chi connectivity index (χ3v) is 11.0. The summed E-state index contributed by atoms with van der Waals surface area (Å²) in [6.45, 7) is 6.45. The Labute approximate surface area is 278 Å². The lowest BCUT2D eigenvalue weighted by atomic mass is 9.53. The molecule has 2 N–H and O–H groups in total. The Kier molecular flexibility index (Phi) is 9.00. The number of fused-ring (bicyclic) bond motifs is 5. The first-order valence-corrected chi connectivity index (χ1v) is 16.5. The number of benzene rings is 1. The van der Waals surface area contributed by atoms with Crippen molar-refractivity contribution in [2.45, 2.75) is 115 Å². The molecule has 1 aromatic heterocycles. The van der Waals surface area contributed by atoms with E-state index in [1.54, 1.807) is 12.3 Å². The minimum atomic E-state index is -1.36. The molecule has 3 aliphatic carbocycles. The molecule has 4 aliphatic rings. The third-order valence-electron chi connectivity index (χ3n) is 11.0. The van der Waals surface area contributed by atoms with E-state index in [1.165, 1.54) is 29.7 Å². The number of aryl methyl sites for hydroxylation is 1. The number of carbonyl (C=O) groups excluding carboxylic acids is 4. The molecule has 260 valence electrons. The lowest BCUT2D eigenvalue weighted by molar-refractivity contribution is -0.270. The van der Waals surface area contributed by atoms with E-state index in [0.29, 0.717) is 24.0 Å². The Morgan fingerprint density at radius 2 is 1.62 bits per heavy atom. The van der Waals surface area contributed by atoms with Crippen LogP contribution in [-0.2, 0) is 54.9 Å². The van der Waals surface area contributed by atoms with Crippen LogP contribution >= 0.6 is 0 Å². The molecule has 1 aliphatic heterocycles. The second-order valence-corrected chi connectivity index (χ2v) is 13.8. The summed E-state index contributed by atoms with van der Waals surface area (Å²) in [5.41, 5.74) is 0.982. The van der Waals surface area contributed by atoms with E-state index in [2.05, 4.69) is 17.2 Å². The molecule has 2 saturated carbocycles. The second kappa shape index (κ2) is 12.8. The van der Waals surface area contributed by atoms with Crippen molar-refractivity contribution in [2.75, 3.05) is 6.61 Å². The highest BCUT2D eigenvalue weighted by molar-refractivity contribution is 5.68. The van der Waals surface area contributed by atoms with Crippen molar-refractivity contribution in [3.63, 3.8) is 0 Å². The van der Waals surface area contributed by atoms with Crippen LogP contribution in [0.2, 0.25) is 0 Å². The Bertz CT molecular complexity index is 1590. The van der Waals surface area contributed by atoms with Crippen LogP contribution in [0.25, 0.3) is 0 Å². The van der Waals surface area contributed by atoms with Crippen LogP contribution in [-0.4, -0.2) is 80.1 Å². The molecule has 0 amide bonds. The van der Waals surface area contributed by atoms with Crippen molar-refractivity contribution in [3.8, 4) is 5.75 Å². The minimum absolute atomic E-state index is 0.221. The lowest BCUT2D eigenvalue weighted by Crippen LogP contribution is -2.60. The highest BCUT2D eigenvalue weighted by Crippen LogP contribution is 2.66. The van der Waals surface area contributed by atoms with Gasteiger partial charge in [-0.25, -0.2) is 4.68 Å². The third kappa shape index (κ3) is 5.93. The number of aromatic hydroxyl groups is 1. The quantitative estimate of drug-likeness (QED) is 0.324. The number of phenolic OH excluding ortho intramolecular Hbond substituents is 1. The fourth-order valence-corrected chi connectivity index (χ4v) is 9.01. The maximum Gasteiger partial charge on any atom is 0.303 e. The van der Waals surface area contributed by atoms with Crippen molar-refractivity contribution in [3.05, 3.63) is 41.2 Å². The Balaban J connectivity index is 1.32. The molecule has 10 atom stereocenters. The number of hydrogen-bond donors (Lipinski definition) is 2. The van der Waals surface area contributed by atoms with Crippen LogP contribution in [0.4, 0.5) is 0 Å². The van der Waals surface area contributed by atoms with Gasteiger partial charge in [0.05, 0.1) is 6.20 Å². The van der Waals surface area contributed by atoms with Crippen LogP contribution in [0.5, 0.6) is 5.75 Å². The van der Waals surface area contributed by atoms with Gasteiger partial charge in [-0.1, -0.05) is 18.2 Å². The molecule has 1 aromatic carbocycles. The number of carbonyl (C=O) groups is 4. The highest BCUT2D eigenvalue weighted by atomic mass is 16.7. The number of aromatic nitrogens is 3. The summed E-state index contributed by atoms with van der Waals surface area (Å²) in [5.74, 6) is -1.59. The zero-order valence-corrected chi connectivity index (χ0v) is 27.8. The van der Waals surface area contributed by atoms with Crippen LogP contribution in [0.3, 0.4) is 0 Å². The first-order chi connectivity index (χ1) is 22.7. The van der Waals surface area contributed by atoms with Crippen LogP contribution in [0, 0.1) is 17.3 Å². The zero-order chi connectivity index (χ0) is 34.5. The molecule has 1 saturated heterocycles. The monoisotopic (exact) mass is 669 g/mol. The SMILES string of the molecule is CC(=O)OC[C@H]1O[C@@H](n2cc([C@]3(O)CC[C@H]4[C@@H]5CCc6cc(O)ccc6[C@H]5CC[C@@]43C)nn2)[C@H](OC(C)=O)[C@@H](OC(C)=O)[C@@H]1OC(C)=O. The van der Waals surface area contributed by atoms with Gasteiger partial charge in [-0.15, -0.1) is 5.10 Å². The first kappa shape index (κ1) is 33.8. The summed E-state index contributed by atoms with van der Waals surface area (Å²) in [7, 11) is 0. The summed E-state index contributed by atoms with van der Waals surface area (Å²) in [4.78, 5) is 48.4. The largest absolute Gasteiger partial charge is 0.508 e. The van der Waals surface area contributed by atoms with Gasteiger partial charge in [0, 0.05) is 33.1 Å². The van der Waals surface area contributed by atoms with E-state index in [1.807, 2.05) is 12.1 Å². The highest BCUT2D eigenvalue weighted by Gasteiger charge is 2.63. The van der Waals surface area contributed by atoms with Crippen LogP contribution < -0.4 is 0 Å². The molecule has 3 fully saturated rings. The predicted octanol–water partition coefficient (Wildman–Crippen LogP) is 2.98. The van der Waals surface area contributed by atoms with Crippen molar-refractivity contribution in [1.29, 1.82) is 0 Å². The predicted molar refractivity (Wildman–Crippen MR) is 164 cm³/mol. The van der Waals surface area contributed by atoms with Gasteiger partial charge in [-0.3, -0.25) is 19.2 Å². The van der Waals surface area contributed by atoms with Gasteiger partial charge in [-0.05, 0) is 79.5 Å². The van der Waals surface area contributed by atoms with Gasteiger partial charge >= 0.3 is 23.9 Å². The number of hydrogen-bond acceptors (Lipinski definition) is 13. The second-order valence-electron chi connectivity index (χ2n) is 13.8. The first-order valence-electron chi connectivity index (χ1n) is 16.5. The summed E-state index contributed by atoms with van der Waals surface area (Å²) >= 11 is 0. The lowest BCUT2D eigenvalue weighted by Gasteiger charge is -2.52. The molecule has 14 heteroatoms. The average Bonchev–Trinajstić information content (AvgIpc) is 3.61. The Morgan fingerprint density at radius 3 is 2.31 bits per heavy atom. The molecule has 0 bridgehead atoms. The summed E-state index contributed by atoms with van der Waals surface area (Å²) in [5, 5.41) is 31.3. The normalized spacial score (nSPS) is 35.4. The molecule has 6 rings (SSSR count). The molecule has 14 nitrogen and oxygen atoms in total. The molecular formula is C34H43N3O11. The number of ether oxygens (including phenoxy) is 5. The molecule has 2 heterocycles. The van der Waals surface area contributed by atoms with Crippen LogP contribution in [0.15, 0.2) is 24.4 Å². The van der Waals surface area contributed by atoms with Gasteiger partial charge < -0.3 is 33.9 Å². The number of nitrogens with zero attached hydrogens (tertiary/aromatic N) is 3. The number of phenols is 1. The van der Waals surface area contributed by atoms with Gasteiger partial charge in [0.1, 0.15) is 29.8 Å². The van der Waals surface area contributed by atoms with Gasteiger partial charge in [0.25, 0.3) is 0 Å². The molecule has 2 aromatic rings. The number of esters is 4. The number of rotatable bonds is 7. The Morgan fingerprint density at radius 1 is 0.938 bits per heavy atom. The van der Waals surface area contributed by atoms with Crippen LogP contribution in [0.1, 0.15) is 95.7 Å².